The third-order valence-corrected chi connectivity index (χ3v) is 5.27. The first-order chi connectivity index (χ1) is 9.33. The van der Waals surface area contributed by atoms with E-state index in [1.165, 1.54) is 57.8 Å². The summed E-state index contributed by atoms with van der Waals surface area (Å²) in [6, 6.07) is 0. The van der Waals surface area contributed by atoms with Gasteiger partial charge in [-0.05, 0) is 43.4 Å². The Labute approximate surface area is 118 Å². The highest BCUT2D eigenvalue weighted by Gasteiger charge is 2.30. The van der Waals surface area contributed by atoms with Gasteiger partial charge in [0.15, 0.2) is 0 Å². The highest BCUT2D eigenvalue weighted by atomic mass is 16.5. The maximum atomic E-state index is 10.7. The van der Waals surface area contributed by atoms with Gasteiger partial charge in [0.1, 0.15) is 12.4 Å². The van der Waals surface area contributed by atoms with Gasteiger partial charge < -0.3 is 9.53 Å². The fraction of sp³-hybridized carbons (Fsp3) is 0.941. The van der Waals surface area contributed by atoms with E-state index in [0.717, 1.165) is 37.1 Å². The number of hydrogen-bond donors (Lipinski definition) is 0. The van der Waals surface area contributed by atoms with Crippen LogP contribution in [-0.2, 0) is 9.53 Å². The van der Waals surface area contributed by atoms with Crippen molar-refractivity contribution in [2.24, 2.45) is 17.8 Å². The minimum absolute atomic E-state index is 0.110. The molecule has 1 saturated heterocycles. The quantitative estimate of drug-likeness (QED) is 0.527. The molecular weight excluding hydrogens is 236 g/mol. The fourth-order valence-corrected chi connectivity index (χ4v) is 3.90. The van der Waals surface area contributed by atoms with Crippen molar-refractivity contribution >= 4 is 6.29 Å². The highest BCUT2D eigenvalue weighted by molar-refractivity contribution is 5.55. The van der Waals surface area contributed by atoms with Crippen LogP contribution in [0.4, 0.5) is 0 Å². The van der Waals surface area contributed by atoms with Crippen molar-refractivity contribution in [2.45, 2.75) is 77.2 Å². The summed E-state index contributed by atoms with van der Waals surface area (Å²) in [7, 11) is 0. The van der Waals surface area contributed by atoms with Gasteiger partial charge in [0, 0.05) is 0 Å². The normalized spacial score (nSPS) is 36.1. The van der Waals surface area contributed by atoms with Crippen LogP contribution in [0.25, 0.3) is 0 Å². The topological polar surface area (TPSA) is 26.3 Å². The van der Waals surface area contributed by atoms with Crippen LogP contribution in [0.5, 0.6) is 0 Å². The lowest BCUT2D eigenvalue weighted by atomic mass is 9.73. The molecule has 2 atom stereocenters. The minimum atomic E-state index is -0.110. The summed E-state index contributed by atoms with van der Waals surface area (Å²) < 4.78 is 5.63. The molecule has 0 aromatic rings. The van der Waals surface area contributed by atoms with E-state index >= 15 is 0 Å². The van der Waals surface area contributed by atoms with E-state index < -0.39 is 0 Å². The predicted molar refractivity (Wildman–Crippen MR) is 78.1 cm³/mol. The van der Waals surface area contributed by atoms with Crippen LogP contribution >= 0.6 is 0 Å². The third-order valence-electron chi connectivity index (χ3n) is 5.27. The molecular formula is C17H30O2. The number of carbonyl (C=O) groups is 1. The second-order valence-electron chi connectivity index (χ2n) is 6.62. The van der Waals surface area contributed by atoms with E-state index in [2.05, 4.69) is 6.92 Å². The van der Waals surface area contributed by atoms with Gasteiger partial charge >= 0.3 is 0 Å². The van der Waals surface area contributed by atoms with Crippen molar-refractivity contribution in [2.75, 3.05) is 6.61 Å². The lowest BCUT2D eigenvalue weighted by Crippen LogP contribution is -2.33. The maximum Gasteiger partial charge on any atom is 0.148 e. The monoisotopic (exact) mass is 266 g/mol. The Morgan fingerprint density at radius 1 is 1.00 bits per heavy atom. The first-order valence-electron chi connectivity index (χ1n) is 8.40. The Bertz CT molecular complexity index is 248. The largest absolute Gasteiger partial charge is 0.370 e. The van der Waals surface area contributed by atoms with Crippen LogP contribution < -0.4 is 0 Å². The van der Waals surface area contributed by atoms with Crippen LogP contribution in [-0.4, -0.2) is 19.0 Å². The highest BCUT2D eigenvalue weighted by Crippen LogP contribution is 2.38. The van der Waals surface area contributed by atoms with Gasteiger partial charge in [0.25, 0.3) is 0 Å². The Hall–Kier alpha value is -0.370. The van der Waals surface area contributed by atoms with Gasteiger partial charge in [-0.3, -0.25) is 0 Å². The molecule has 1 aliphatic carbocycles. The molecule has 2 heteroatoms. The zero-order valence-electron chi connectivity index (χ0n) is 12.5. The van der Waals surface area contributed by atoms with Crippen molar-refractivity contribution in [3.8, 4) is 0 Å². The summed E-state index contributed by atoms with van der Waals surface area (Å²) in [6.45, 7) is 3.11. The molecule has 0 aromatic carbocycles. The Morgan fingerprint density at radius 2 is 1.74 bits per heavy atom. The van der Waals surface area contributed by atoms with Gasteiger partial charge in [-0.25, -0.2) is 0 Å². The second kappa shape index (κ2) is 8.04. The van der Waals surface area contributed by atoms with E-state index in [0.29, 0.717) is 0 Å². The molecule has 2 nitrogen and oxygen atoms in total. The zero-order valence-corrected chi connectivity index (χ0v) is 12.5. The molecule has 110 valence electrons. The summed E-state index contributed by atoms with van der Waals surface area (Å²) in [5.41, 5.74) is 0. The van der Waals surface area contributed by atoms with Crippen LogP contribution in [0.15, 0.2) is 0 Å². The Kier molecular flexibility index (Phi) is 6.36. The molecule has 2 unspecified atom stereocenters. The smallest absolute Gasteiger partial charge is 0.148 e. The summed E-state index contributed by atoms with van der Waals surface area (Å²) in [4.78, 5) is 10.7. The van der Waals surface area contributed by atoms with Crippen LogP contribution in [0.2, 0.25) is 0 Å². The molecule has 2 aliphatic rings. The average molecular weight is 266 g/mol. The van der Waals surface area contributed by atoms with Crippen molar-refractivity contribution < 1.29 is 9.53 Å². The van der Waals surface area contributed by atoms with Crippen molar-refractivity contribution in [3.05, 3.63) is 0 Å². The standard InChI is InChI=1S/C17H30O2/c1-2-3-4-5-14-6-8-15(9-7-14)16-10-11-17(12-18)19-13-16/h12,14-17H,2-11,13H2,1H3. The minimum Gasteiger partial charge on any atom is -0.370 e. The molecule has 1 aliphatic heterocycles. The Balaban J connectivity index is 1.64. The maximum absolute atomic E-state index is 10.7. The Morgan fingerprint density at radius 3 is 2.32 bits per heavy atom. The lowest BCUT2D eigenvalue weighted by Gasteiger charge is -2.37. The number of aldehydes is 1. The van der Waals surface area contributed by atoms with Gasteiger partial charge in [0.05, 0.1) is 6.61 Å². The summed E-state index contributed by atoms with van der Waals surface area (Å²) >= 11 is 0. The number of ether oxygens (including phenoxy) is 1. The first-order valence-corrected chi connectivity index (χ1v) is 8.40. The SMILES string of the molecule is CCCCCC1CCC(C2CCC(C=O)OC2)CC1. The molecule has 0 spiro atoms. The van der Waals surface area contributed by atoms with Gasteiger partial charge in [0.2, 0.25) is 0 Å². The van der Waals surface area contributed by atoms with E-state index in [1.807, 2.05) is 0 Å². The molecule has 0 bridgehead atoms. The van der Waals surface area contributed by atoms with E-state index in [1.54, 1.807) is 0 Å². The average Bonchev–Trinajstić information content (AvgIpc) is 2.48. The van der Waals surface area contributed by atoms with E-state index in [4.69, 9.17) is 4.74 Å². The number of carbonyl (C=O) groups excluding carboxylic acids is 1. The second-order valence-corrected chi connectivity index (χ2v) is 6.62. The number of hydrogen-bond acceptors (Lipinski definition) is 2. The zero-order chi connectivity index (χ0) is 13.5. The predicted octanol–water partition coefficient (Wildman–Crippen LogP) is 4.37. The summed E-state index contributed by atoms with van der Waals surface area (Å²) in [5.74, 6) is 2.60. The summed E-state index contributed by atoms with van der Waals surface area (Å²) in [6.07, 6.45) is 14.3. The molecule has 0 aromatic heterocycles. The summed E-state index contributed by atoms with van der Waals surface area (Å²) in [5, 5.41) is 0. The van der Waals surface area contributed by atoms with Crippen molar-refractivity contribution in [1.29, 1.82) is 0 Å². The fourth-order valence-electron chi connectivity index (χ4n) is 3.90. The van der Waals surface area contributed by atoms with E-state index in [-0.39, 0.29) is 6.10 Å². The van der Waals surface area contributed by atoms with Crippen molar-refractivity contribution in [1.82, 2.24) is 0 Å². The van der Waals surface area contributed by atoms with Gasteiger partial charge in [-0.15, -0.1) is 0 Å². The number of unbranched alkanes of at least 4 members (excludes halogenated alkanes) is 2. The molecule has 0 radical (unpaired) electrons. The van der Waals surface area contributed by atoms with Gasteiger partial charge in [-0.2, -0.15) is 0 Å². The van der Waals surface area contributed by atoms with Crippen molar-refractivity contribution in [3.63, 3.8) is 0 Å². The molecule has 1 saturated carbocycles. The molecule has 19 heavy (non-hydrogen) atoms. The molecule has 2 rings (SSSR count). The van der Waals surface area contributed by atoms with Crippen LogP contribution in [0.1, 0.15) is 71.1 Å². The molecule has 0 N–H and O–H groups in total. The van der Waals surface area contributed by atoms with E-state index in [9.17, 15) is 4.79 Å². The number of rotatable bonds is 6. The first kappa shape index (κ1) is 15.0. The molecule has 2 fully saturated rings. The third kappa shape index (κ3) is 4.59. The van der Waals surface area contributed by atoms with Crippen LogP contribution in [0, 0.1) is 17.8 Å². The molecule has 0 amide bonds. The van der Waals surface area contributed by atoms with Gasteiger partial charge in [-0.1, -0.05) is 45.4 Å². The lowest BCUT2D eigenvalue weighted by molar-refractivity contribution is -0.124. The van der Waals surface area contributed by atoms with Crippen LogP contribution in [0.3, 0.4) is 0 Å². The molecule has 1 heterocycles.